The van der Waals surface area contributed by atoms with E-state index in [0.717, 1.165) is 0 Å². The lowest BCUT2D eigenvalue weighted by atomic mass is 10.2. The Morgan fingerprint density at radius 2 is 1.94 bits per heavy atom. The minimum absolute atomic E-state index is 0.0796. The van der Waals surface area contributed by atoms with Crippen molar-refractivity contribution in [1.82, 2.24) is 0 Å². The minimum Gasteiger partial charge on any atom is -0.383 e. The van der Waals surface area contributed by atoms with Crippen LogP contribution in [0.4, 0.5) is 20.2 Å². The Morgan fingerprint density at radius 3 is 2.56 bits per heavy atom. The summed E-state index contributed by atoms with van der Waals surface area (Å²) in [5, 5.41) is 2.54. The highest BCUT2D eigenvalue weighted by Gasteiger charge is 2.19. The summed E-state index contributed by atoms with van der Waals surface area (Å²) in [5.41, 5.74) is 0.345. The Hall–Kier alpha value is -1.36. The first kappa shape index (κ1) is 11.1. The second-order valence-electron chi connectivity index (χ2n) is 3.60. The number of ether oxygens (including phenoxy) is 1. The Bertz CT molecular complexity index is 378. The van der Waals surface area contributed by atoms with E-state index >= 15 is 0 Å². The number of morpholine rings is 1. The standard InChI is InChI=1S/C11H14F2N2O/c1-14-11-8(12)2-3-9(10(11)13)15-4-6-16-7-5-15/h2-3,14H,4-7H2,1H3. The van der Waals surface area contributed by atoms with Gasteiger partial charge in [0.05, 0.1) is 18.9 Å². The summed E-state index contributed by atoms with van der Waals surface area (Å²) in [4.78, 5) is 1.86. The van der Waals surface area contributed by atoms with Crippen LogP contribution in [-0.4, -0.2) is 33.4 Å². The molecule has 0 atom stereocenters. The number of nitrogens with zero attached hydrogens (tertiary/aromatic N) is 1. The number of hydrogen-bond donors (Lipinski definition) is 1. The molecule has 1 saturated heterocycles. The van der Waals surface area contributed by atoms with Crippen molar-refractivity contribution in [3.63, 3.8) is 0 Å². The lowest BCUT2D eigenvalue weighted by Gasteiger charge is -2.29. The summed E-state index contributed by atoms with van der Waals surface area (Å²) in [5.74, 6) is -1.11. The summed E-state index contributed by atoms with van der Waals surface area (Å²) in [6.45, 7) is 2.41. The van der Waals surface area contributed by atoms with Crippen LogP contribution in [0.15, 0.2) is 12.1 Å². The molecule has 0 aromatic heterocycles. The molecule has 1 aliphatic rings. The molecule has 3 nitrogen and oxygen atoms in total. The SMILES string of the molecule is CNc1c(F)ccc(N2CCOCC2)c1F. The summed E-state index contributed by atoms with van der Waals surface area (Å²) in [7, 11) is 1.50. The molecule has 2 rings (SSSR count). The van der Waals surface area contributed by atoms with E-state index in [1.165, 1.54) is 19.2 Å². The monoisotopic (exact) mass is 228 g/mol. The molecule has 0 radical (unpaired) electrons. The normalized spacial score (nSPS) is 16.3. The van der Waals surface area contributed by atoms with Gasteiger partial charge in [0.15, 0.2) is 5.82 Å². The van der Waals surface area contributed by atoms with Crippen molar-refractivity contribution in [2.45, 2.75) is 0 Å². The van der Waals surface area contributed by atoms with Gasteiger partial charge in [-0.05, 0) is 12.1 Å². The van der Waals surface area contributed by atoms with Gasteiger partial charge in [0.2, 0.25) is 0 Å². The van der Waals surface area contributed by atoms with Crippen LogP contribution in [0.3, 0.4) is 0 Å². The first-order valence-corrected chi connectivity index (χ1v) is 5.22. The van der Waals surface area contributed by atoms with Gasteiger partial charge in [-0.1, -0.05) is 0 Å². The predicted molar refractivity (Wildman–Crippen MR) is 58.9 cm³/mol. The van der Waals surface area contributed by atoms with Gasteiger partial charge in [-0.25, -0.2) is 8.78 Å². The van der Waals surface area contributed by atoms with Gasteiger partial charge in [0.25, 0.3) is 0 Å². The van der Waals surface area contributed by atoms with Gasteiger partial charge in [0.1, 0.15) is 11.5 Å². The Labute approximate surface area is 93.0 Å². The molecule has 0 aliphatic carbocycles. The van der Waals surface area contributed by atoms with E-state index in [9.17, 15) is 8.78 Å². The highest BCUT2D eigenvalue weighted by Crippen LogP contribution is 2.28. The quantitative estimate of drug-likeness (QED) is 0.836. The number of benzene rings is 1. The fourth-order valence-corrected chi connectivity index (χ4v) is 1.82. The van der Waals surface area contributed by atoms with Crippen molar-refractivity contribution in [2.75, 3.05) is 43.6 Å². The third-order valence-electron chi connectivity index (χ3n) is 2.67. The average Bonchev–Trinajstić information content (AvgIpc) is 2.31. The maximum Gasteiger partial charge on any atom is 0.172 e. The Kier molecular flexibility index (Phi) is 3.24. The molecule has 0 spiro atoms. The zero-order valence-electron chi connectivity index (χ0n) is 9.09. The van der Waals surface area contributed by atoms with Crippen molar-refractivity contribution in [1.29, 1.82) is 0 Å². The van der Waals surface area contributed by atoms with Crippen LogP contribution in [0.25, 0.3) is 0 Å². The molecule has 1 heterocycles. The lowest BCUT2D eigenvalue weighted by Crippen LogP contribution is -2.36. The van der Waals surface area contributed by atoms with Crippen molar-refractivity contribution in [2.24, 2.45) is 0 Å². The van der Waals surface area contributed by atoms with Crippen LogP contribution >= 0.6 is 0 Å². The molecule has 1 aliphatic heterocycles. The highest BCUT2D eigenvalue weighted by atomic mass is 19.1. The summed E-state index contributed by atoms with van der Waals surface area (Å²) in [6, 6.07) is 2.75. The minimum atomic E-state index is -0.572. The smallest absolute Gasteiger partial charge is 0.172 e. The van der Waals surface area contributed by atoms with Gasteiger partial charge in [-0.15, -0.1) is 0 Å². The molecule has 5 heteroatoms. The van der Waals surface area contributed by atoms with Gasteiger partial charge >= 0.3 is 0 Å². The number of anilines is 2. The summed E-state index contributed by atoms with van der Waals surface area (Å²) < 4.78 is 32.4. The second kappa shape index (κ2) is 4.65. The highest BCUT2D eigenvalue weighted by molar-refractivity contribution is 5.60. The van der Waals surface area contributed by atoms with E-state index in [4.69, 9.17) is 4.74 Å². The largest absolute Gasteiger partial charge is 0.383 e. The second-order valence-corrected chi connectivity index (χ2v) is 3.60. The predicted octanol–water partition coefficient (Wildman–Crippen LogP) is 1.84. The first-order valence-electron chi connectivity index (χ1n) is 5.22. The van der Waals surface area contributed by atoms with E-state index in [2.05, 4.69) is 5.32 Å². The van der Waals surface area contributed by atoms with E-state index in [1.54, 1.807) is 0 Å². The molecule has 1 N–H and O–H groups in total. The summed E-state index contributed by atoms with van der Waals surface area (Å²) >= 11 is 0. The summed E-state index contributed by atoms with van der Waals surface area (Å²) in [6.07, 6.45) is 0. The van der Waals surface area contributed by atoms with E-state index in [1.807, 2.05) is 4.90 Å². The van der Waals surface area contributed by atoms with Gasteiger partial charge in [0, 0.05) is 20.1 Å². The number of halogens is 2. The number of nitrogens with one attached hydrogen (secondary N) is 1. The van der Waals surface area contributed by atoms with Gasteiger partial charge < -0.3 is 15.0 Å². The topological polar surface area (TPSA) is 24.5 Å². The van der Waals surface area contributed by atoms with Gasteiger partial charge in [-0.2, -0.15) is 0 Å². The molecule has 88 valence electrons. The zero-order valence-corrected chi connectivity index (χ0v) is 9.09. The third kappa shape index (κ3) is 1.95. The molecular weight excluding hydrogens is 214 g/mol. The maximum atomic E-state index is 13.9. The Balaban J connectivity index is 2.33. The number of hydrogen-bond acceptors (Lipinski definition) is 3. The van der Waals surface area contributed by atoms with Crippen molar-refractivity contribution >= 4 is 11.4 Å². The average molecular weight is 228 g/mol. The molecule has 1 fully saturated rings. The van der Waals surface area contributed by atoms with Crippen LogP contribution in [0.2, 0.25) is 0 Å². The van der Waals surface area contributed by atoms with Crippen molar-refractivity contribution in [3.8, 4) is 0 Å². The fraction of sp³-hybridized carbons (Fsp3) is 0.455. The van der Waals surface area contributed by atoms with Crippen LogP contribution < -0.4 is 10.2 Å². The molecule has 1 aromatic rings. The lowest BCUT2D eigenvalue weighted by molar-refractivity contribution is 0.122. The third-order valence-corrected chi connectivity index (χ3v) is 2.67. The number of rotatable bonds is 2. The molecule has 0 bridgehead atoms. The van der Waals surface area contributed by atoms with E-state index in [0.29, 0.717) is 32.0 Å². The van der Waals surface area contributed by atoms with Crippen molar-refractivity contribution in [3.05, 3.63) is 23.8 Å². The molecule has 1 aromatic carbocycles. The van der Waals surface area contributed by atoms with Crippen LogP contribution in [0.1, 0.15) is 0 Å². The molecule has 0 amide bonds. The van der Waals surface area contributed by atoms with Gasteiger partial charge in [-0.3, -0.25) is 0 Å². The van der Waals surface area contributed by atoms with Crippen LogP contribution in [-0.2, 0) is 4.74 Å². The van der Waals surface area contributed by atoms with Crippen molar-refractivity contribution < 1.29 is 13.5 Å². The first-order chi connectivity index (χ1) is 7.74. The molecular formula is C11H14F2N2O. The van der Waals surface area contributed by atoms with E-state index < -0.39 is 11.6 Å². The molecule has 0 saturated carbocycles. The fourth-order valence-electron chi connectivity index (χ4n) is 1.82. The zero-order chi connectivity index (χ0) is 11.5. The Morgan fingerprint density at radius 1 is 1.25 bits per heavy atom. The van der Waals surface area contributed by atoms with E-state index in [-0.39, 0.29) is 5.69 Å². The molecule has 16 heavy (non-hydrogen) atoms. The molecule has 0 unspecified atom stereocenters. The maximum absolute atomic E-state index is 13.9. The van der Waals surface area contributed by atoms with Crippen LogP contribution in [0, 0.1) is 11.6 Å². The van der Waals surface area contributed by atoms with Crippen LogP contribution in [0.5, 0.6) is 0 Å².